The molecule has 1 aliphatic rings. The van der Waals surface area contributed by atoms with Crippen LogP contribution in [-0.4, -0.2) is 59.0 Å². The SMILES string of the molecule is CCC(C)(C)CCN1CCCC(N(CC(=O)O)C(C)=O)CC1. The third-order valence-corrected chi connectivity index (χ3v) is 5.00. The lowest BCUT2D eigenvalue weighted by molar-refractivity contribution is -0.145. The van der Waals surface area contributed by atoms with E-state index in [9.17, 15) is 9.59 Å². The number of aliphatic carboxylic acids is 1. The van der Waals surface area contributed by atoms with Crippen LogP contribution < -0.4 is 0 Å². The van der Waals surface area contributed by atoms with Gasteiger partial charge in [-0.3, -0.25) is 9.59 Å². The molecule has 22 heavy (non-hydrogen) atoms. The standard InChI is InChI=1S/C17H32N2O3/c1-5-17(3,4)9-12-18-10-6-7-15(8-11-18)19(14(2)20)13-16(21)22/h15H,5-13H2,1-4H3,(H,21,22). The van der Waals surface area contributed by atoms with Crippen LogP contribution in [0.2, 0.25) is 0 Å². The number of carboxylic acid groups (broad SMARTS) is 1. The maximum Gasteiger partial charge on any atom is 0.323 e. The van der Waals surface area contributed by atoms with Gasteiger partial charge in [-0.1, -0.05) is 27.2 Å². The lowest BCUT2D eigenvalue weighted by Gasteiger charge is -2.29. The summed E-state index contributed by atoms with van der Waals surface area (Å²) in [5.41, 5.74) is 0.375. The van der Waals surface area contributed by atoms with Crippen molar-refractivity contribution >= 4 is 11.9 Å². The fourth-order valence-electron chi connectivity index (χ4n) is 2.95. The fourth-order valence-corrected chi connectivity index (χ4v) is 2.95. The van der Waals surface area contributed by atoms with E-state index in [0.29, 0.717) is 5.41 Å². The summed E-state index contributed by atoms with van der Waals surface area (Å²) in [5.74, 6) is -1.06. The molecule has 0 bridgehead atoms. The second-order valence-electron chi connectivity index (χ2n) is 7.23. The summed E-state index contributed by atoms with van der Waals surface area (Å²) in [4.78, 5) is 26.7. The lowest BCUT2D eigenvalue weighted by Crippen LogP contribution is -2.42. The monoisotopic (exact) mass is 312 g/mol. The van der Waals surface area contributed by atoms with Crippen LogP contribution in [0.5, 0.6) is 0 Å². The zero-order valence-corrected chi connectivity index (χ0v) is 14.6. The molecule has 1 unspecified atom stereocenters. The maximum absolute atomic E-state index is 11.7. The zero-order valence-electron chi connectivity index (χ0n) is 14.6. The maximum atomic E-state index is 11.7. The van der Waals surface area contributed by atoms with Crippen LogP contribution >= 0.6 is 0 Å². The Morgan fingerprint density at radius 3 is 2.50 bits per heavy atom. The van der Waals surface area contributed by atoms with Gasteiger partial charge in [0.15, 0.2) is 0 Å². The van der Waals surface area contributed by atoms with Crippen molar-refractivity contribution in [3.8, 4) is 0 Å². The van der Waals surface area contributed by atoms with Crippen LogP contribution in [0, 0.1) is 5.41 Å². The van der Waals surface area contributed by atoms with Crippen molar-refractivity contribution in [2.24, 2.45) is 5.41 Å². The summed E-state index contributed by atoms with van der Waals surface area (Å²) in [7, 11) is 0. The normalized spacial score (nSPS) is 20.5. The van der Waals surface area contributed by atoms with E-state index in [4.69, 9.17) is 5.11 Å². The van der Waals surface area contributed by atoms with Gasteiger partial charge in [0.05, 0.1) is 0 Å². The number of hydrogen-bond donors (Lipinski definition) is 1. The molecule has 1 fully saturated rings. The summed E-state index contributed by atoms with van der Waals surface area (Å²) < 4.78 is 0. The number of nitrogens with zero attached hydrogens (tertiary/aromatic N) is 2. The van der Waals surface area contributed by atoms with Crippen LogP contribution in [0.4, 0.5) is 0 Å². The molecule has 1 saturated heterocycles. The quantitative estimate of drug-likeness (QED) is 0.785. The van der Waals surface area contributed by atoms with E-state index in [1.807, 2.05) is 0 Å². The van der Waals surface area contributed by atoms with Crippen LogP contribution in [0.15, 0.2) is 0 Å². The summed E-state index contributed by atoms with van der Waals surface area (Å²) in [6.45, 7) is 11.2. The second kappa shape index (κ2) is 8.51. The molecule has 1 heterocycles. The minimum absolute atomic E-state index is 0.0674. The highest BCUT2D eigenvalue weighted by molar-refractivity contribution is 5.79. The van der Waals surface area contributed by atoms with Crippen LogP contribution in [0.3, 0.4) is 0 Å². The van der Waals surface area contributed by atoms with E-state index in [1.54, 1.807) is 0 Å². The Hall–Kier alpha value is -1.10. The molecule has 0 aromatic heterocycles. The number of rotatable bonds is 7. The Morgan fingerprint density at radius 2 is 1.95 bits per heavy atom. The van der Waals surface area contributed by atoms with Crippen LogP contribution in [0.1, 0.15) is 59.8 Å². The molecule has 0 aliphatic carbocycles. The van der Waals surface area contributed by atoms with E-state index in [0.717, 1.165) is 38.9 Å². The Morgan fingerprint density at radius 1 is 1.27 bits per heavy atom. The van der Waals surface area contributed by atoms with Gasteiger partial charge in [0.2, 0.25) is 5.91 Å². The molecule has 0 aromatic carbocycles. The molecule has 128 valence electrons. The largest absolute Gasteiger partial charge is 0.480 e. The average Bonchev–Trinajstić information content (AvgIpc) is 2.67. The molecule has 1 aliphatic heterocycles. The minimum atomic E-state index is -0.930. The van der Waals surface area contributed by atoms with Crippen molar-refractivity contribution in [3.05, 3.63) is 0 Å². The van der Waals surface area contributed by atoms with Crippen LogP contribution in [0.25, 0.3) is 0 Å². The molecule has 0 aromatic rings. The molecule has 5 heteroatoms. The molecule has 0 radical (unpaired) electrons. The summed E-state index contributed by atoms with van der Waals surface area (Å²) in [6, 6.07) is 0.0674. The van der Waals surface area contributed by atoms with Gasteiger partial charge in [-0.05, 0) is 44.2 Å². The molecular formula is C17H32N2O3. The number of carbonyl (C=O) groups excluding carboxylic acids is 1. The van der Waals surface area contributed by atoms with Gasteiger partial charge in [0, 0.05) is 19.5 Å². The van der Waals surface area contributed by atoms with Crippen molar-refractivity contribution in [2.45, 2.75) is 65.8 Å². The lowest BCUT2D eigenvalue weighted by atomic mass is 9.86. The van der Waals surface area contributed by atoms with Crippen molar-refractivity contribution in [1.29, 1.82) is 0 Å². The number of carbonyl (C=O) groups is 2. The summed E-state index contributed by atoms with van der Waals surface area (Å²) in [5, 5.41) is 8.98. The van der Waals surface area contributed by atoms with Gasteiger partial charge in [0.25, 0.3) is 0 Å². The number of hydrogen-bond acceptors (Lipinski definition) is 3. The highest BCUT2D eigenvalue weighted by Gasteiger charge is 2.26. The first-order valence-electron chi connectivity index (χ1n) is 8.46. The number of amides is 1. The molecule has 5 nitrogen and oxygen atoms in total. The Balaban J connectivity index is 2.53. The van der Waals surface area contributed by atoms with Crippen molar-refractivity contribution < 1.29 is 14.7 Å². The van der Waals surface area contributed by atoms with E-state index < -0.39 is 5.97 Å². The predicted octanol–water partition coefficient (Wildman–Crippen LogP) is 2.60. The summed E-state index contributed by atoms with van der Waals surface area (Å²) >= 11 is 0. The molecule has 1 amide bonds. The van der Waals surface area contributed by atoms with Crippen molar-refractivity contribution in [2.75, 3.05) is 26.2 Å². The third kappa shape index (κ3) is 6.34. The molecule has 0 spiro atoms. The van der Waals surface area contributed by atoms with Gasteiger partial charge < -0.3 is 14.9 Å². The van der Waals surface area contributed by atoms with E-state index in [1.165, 1.54) is 24.7 Å². The van der Waals surface area contributed by atoms with Gasteiger partial charge in [0.1, 0.15) is 6.54 Å². The fraction of sp³-hybridized carbons (Fsp3) is 0.882. The van der Waals surface area contributed by atoms with Crippen LogP contribution in [-0.2, 0) is 9.59 Å². The zero-order chi connectivity index (χ0) is 16.8. The van der Waals surface area contributed by atoms with Crippen molar-refractivity contribution in [1.82, 2.24) is 9.80 Å². The highest BCUT2D eigenvalue weighted by Crippen LogP contribution is 2.25. The highest BCUT2D eigenvalue weighted by atomic mass is 16.4. The van der Waals surface area contributed by atoms with Gasteiger partial charge >= 0.3 is 5.97 Å². The van der Waals surface area contributed by atoms with Gasteiger partial charge in [-0.15, -0.1) is 0 Å². The Bertz CT molecular complexity index is 382. The third-order valence-electron chi connectivity index (χ3n) is 5.00. The van der Waals surface area contributed by atoms with E-state index >= 15 is 0 Å². The van der Waals surface area contributed by atoms with E-state index in [-0.39, 0.29) is 18.5 Å². The molecule has 1 rings (SSSR count). The summed E-state index contributed by atoms with van der Waals surface area (Å²) in [6.07, 6.45) is 5.17. The minimum Gasteiger partial charge on any atom is -0.480 e. The first-order chi connectivity index (χ1) is 10.2. The average molecular weight is 312 g/mol. The predicted molar refractivity (Wildman–Crippen MR) is 87.8 cm³/mol. The van der Waals surface area contributed by atoms with Crippen molar-refractivity contribution in [3.63, 3.8) is 0 Å². The molecule has 0 saturated carbocycles. The van der Waals surface area contributed by atoms with E-state index in [2.05, 4.69) is 25.7 Å². The second-order valence-corrected chi connectivity index (χ2v) is 7.23. The Kier molecular flexibility index (Phi) is 7.33. The van der Waals surface area contributed by atoms with Gasteiger partial charge in [-0.25, -0.2) is 0 Å². The Labute approximate surface area is 134 Å². The van der Waals surface area contributed by atoms with Gasteiger partial charge in [-0.2, -0.15) is 0 Å². The first kappa shape index (κ1) is 18.9. The first-order valence-corrected chi connectivity index (χ1v) is 8.46. The molecular weight excluding hydrogens is 280 g/mol. The molecule has 1 atom stereocenters. The smallest absolute Gasteiger partial charge is 0.323 e. The number of carboxylic acids is 1. The topological polar surface area (TPSA) is 60.9 Å². The number of likely N-dealkylation sites (tertiary alicyclic amines) is 1. The molecule has 1 N–H and O–H groups in total.